The molecule has 3 rings (SSSR count). The number of aliphatic imine (C=N–C) groups is 1. The molecule has 0 atom stereocenters. The molecule has 0 bridgehead atoms. The minimum absolute atomic E-state index is 0.254. The average molecular weight is 405 g/mol. The number of nitrogens with two attached hydrogens (primary N) is 1. The molecule has 9 nitrogen and oxygen atoms in total. The highest BCUT2D eigenvalue weighted by molar-refractivity contribution is 5.80. The first-order valence-corrected chi connectivity index (χ1v) is 11.1. The van der Waals surface area contributed by atoms with Crippen molar-refractivity contribution in [3.8, 4) is 0 Å². The molecular formula is C20H36N8O. The molecule has 1 aromatic heterocycles. The first-order valence-electron chi connectivity index (χ1n) is 11.1. The molecule has 4 N–H and O–H groups in total. The lowest BCUT2D eigenvalue weighted by Gasteiger charge is -2.32. The summed E-state index contributed by atoms with van der Waals surface area (Å²) >= 11 is 0. The fourth-order valence-corrected chi connectivity index (χ4v) is 4.13. The van der Waals surface area contributed by atoms with Crippen molar-refractivity contribution in [3.63, 3.8) is 0 Å². The van der Waals surface area contributed by atoms with E-state index in [9.17, 15) is 4.79 Å². The van der Waals surface area contributed by atoms with Crippen LogP contribution in [-0.4, -0.2) is 70.3 Å². The summed E-state index contributed by atoms with van der Waals surface area (Å²) < 4.78 is 2.32. The lowest BCUT2D eigenvalue weighted by atomic mass is 10.1. The van der Waals surface area contributed by atoms with Crippen LogP contribution in [0.3, 0.4) is 0 Å². The van der Waals surface area contributed by atoms with Crippen molar-refractivity contribution in [2.45, 2.75) is 70.9 Å². The summed E-state index contributed by atoms with van der Waals surface area (Å²) in [4.78, 5) is 17.9. The average Bonchev–Trinajstić information content (AvgIpc) is 2.92. The number of nitrogens with zero attached hydrogens (tertiary/aromatic N) is 5. The van der Waals surface area contributed by atoms with E-state index in [0.717, 1.165) is 82.4 Å². The highest BCUT2D eigenvalue weighted by Crippen LogP contribution is 2.15. The van der Waals surface area contributed by atoms with Gasteiger partial charge in [0.05, 0.1) is 6.54 Å². The second kappa shape index (κ2) is 11.1. The normalized spacial score (nSPS) is 18.9. The molecule has 9 heteroatoms. The van der Waals surface area contributed by atoms with Crippen molar-refractivity contribution in [1.82, 2.24) is 30.3 Å². The lowest BCUT2D eigenvalue weighted by Crippen LogP contribution is -2.49. The first kappa shape index (κ1) is 21.5. The third-order valence-electron chi connectivity index (χ3n) is 5.67. The number of rotatable bonds is 8. The van der Waals surface area contributed by atoms with Crippen molar-refractivity contribution in [3.05, 3.63) is 11.6 Å². The Morgan fingerprint density at radius 1 is 1.21 bits per heavy atom. The molecule has 2 aliphatic rings. The Morgan fingerprint density at radius 3 is 2.79 bits per heavy atom. The van der Waals surface area contributed by atoms with Gasteiger partial charge in [0.1, 0.15) is 11.6 Å². The maximum Gasteiger partial charge on any atom is 0.231 e. The van der Waals surface area contributed by atoms with Crippen LogP contribution in [0.25, 0.3) is 0 Å². The summed E-state index contributed by atoms with van der Waals surface area (Å²) in [5.41, 5.74) is 5.29. The zero-order chi connectivity index (χ0) is 20.5. The molecule has 162 valence electrons. The van der Waals surface area contributed by atoms with Gasteiger partial charge in [0.25, 0.3) is 0 Å². The van der Waals surface area contributed by atoms with Crippen LogP contribution in [0.4, 0.5) is 0 Å². The van der Waals surface area contributed by atoms with E-state index < -0.39 is 0 Å². The number of nitrogens with one attached hydrogen (secondary N) is 2. The van der Waals surface area contributed by atoms with E-state index in [-0.39, 0.29) is 5.91 Å². The Bertz CT molecular complexity index is 678. The van der Waals surface area contributed by atoms with Gasteiger partial charge in [-0.25, -0.2) is 0 Å². The monoisotopic (exact) mass is 404 g/mol. The van der Waals surface area contributed by atoms with Crippen LogP contribution < -0.4 is 16.4 Å². The Morgan fingerprint density at radius 2 is 2.03 bits per heavy atom. The number of carbonyl (C=O) groups excluding carboxylic acids is 1. The third kappa shape index (κ3) is 6.69. The van der Waals surface area contributed by atoms with Crippen LogP contribution in [0.1, 0.15) is 57.1 Å². The number of primary amides is 1. The number of aryl methyl sites for hydroxylation is 2. The Balaban J connectivity index is 1.44. The largest absolute Gasteiger partial charge is 0.369 e. The number of piperidine rings is 1. The van der Waals surface area contributed by atoms with Crippen LogP contribution in [0, 0.1) is 0 Å². The summed E-state index contributed by atoms with van der Waals surface area (Å²) in [6, 6.07) is 0.379. The third-order valence-corrected chi connectivity index (χ3v) is 5.67. The van der Waals surface area contributed by atoms with Gasteiger partial charge in [-0.3, -0.25) is 14.7 Å². The molecule has 1 saturated heterocycles. The molecular weight excluding hydrogens is 368 g/mol. The molecule has 0 saturated carbocycles. The zero-order valence-electron chi connectivity index (χ0n) is 17.7. The molecule has 0 spiro atoms. The van der Waals surface area contributed by atoms with E-state index in [0.29, 0.717) is 12.6 Å². The predicted molar refractivity (Wildman–Crippen MR) is 114 cm³/mol. The van der Waals surface area contributed by atoms with E-state index in [1.807, 2.05) is 0 Å². The van der Waals surface area contributed by atoms with Gasteiger partial charge < -0.3 is 20.9 Å². The van der Waals surface area contributed by atoms with Gasteiger partial charge in [0.2, 0.25) is 5.91 Å². The molecule has 1 fully saturated rings. The van der Waals surface area contributed by atoms with Gasteiger partial charge in [-0.1, -0.05) is 6.42 Å². The standard InChI is InChI=1S/C20H36N8O/c1-2-22-20(24-16-9-13-27(14-10-16)15-17(21)29)23-11-6-8-19-26-25-18-7-4-3-5-12-28(18)19/h16H,2-15H2,1H3,(H2,21,29)(H2,22,23,24). The van der Waals surface area contributed by atoms with Crippen molar-refractivity contribution in [2.24, 2.45) is 10.7 Å². The molecule has 3 heterocycles. The molecule has 0 aliphatic carbocycles. The fourth-order valence-electron chi connectivity index (χ4n) is 4.13. The maximum absolute atomic E-state index is 11.1. The number of hydrogen-bond acceptors (Lipinski definition) is 5. The zero-order valence-corrected chi connectivity index (χ0v) is 17.7. The van der Waals surface area contributed by atoms with Crippen LogP contribution in [-0.2, 0) is 24.2 Å². The van der Waals surface area contributed by atoms with Crippen LogP contribution in [0.15, 0.2) is 4.99 Å². The highest BCUT2D eigenvalue weighted by atomic mass is 16.1. The van der Waals surface area contributed by atoms with Crippen LogP contribution >= 0.6 is 0 Å². The van der Waals surface area contributed by atoms with E-state index in [4.69, 9.17) is 10.7 Å². The summed E-state index contributed by atoms with van der Waals surface area (Å²) in [7, 11) is 0. The van der Waals surface area contributed by atoms with Crippen LogP contribution in [0.2, 0.25) is 0 Å². The lowest BCUT2D eigenvalue weighted by molar-refractivity contribution is -0.119. The maximum atomic E-state index is 11.1. The first-order chi connectivity index (χ1) is 14.2. The Hall–Kier alpha value is -2.16. The van der Waals surface area contributed by atoms with Crippen molar-refractivity contribution < 1.29 is 4.79 Å². The SMILES string of the molecule is CCNC(=NCCCc1nnc2n1CCCCC2)NC1CCN(CC(N)=O)CC1. The van der Waals surface area contributed by atoms with Crippen molar-refractivity contribution >= 4 is 11.9 Å². The topological polar surface area (TPSA) is 113 Å². The number of carbonyl (C=O) groups is 1. The quantitative estimate of drug-likeness (QED) is 0.329. The summed E-state index contributed by atoms with van der Waals surface area (Å²) in [5.74, 6) is 2.88. The number of likely N-dealkylation sites (tertiary alicyclic amines) is 1. The van der Waals surface area contributed by atoms with Crippen molar-refractivity contribution in [1.29, 1.82) is 0 Å². The fraction of sp³-hybridized carbons (Fsp3) is 0.800. The summed E-state index contributed by atoms with van der Waals surface area (Å²) in [5, 5.41) is 15.7. The Kier molecular flexibility index (Phi) is 8.27. The number of guanidine groups is 1. The van der Waals surface area contributed by atoms with Crippen molar-refractivity contribution in [2.75, 3.05) is 32.7 Å². The predicted octanol–water partition coefficient (Wildman–Crippen LogP) is 0.442. The van der Waals surface area contributed by atoms with Crippen LogP contribution in [0.5, 0.6) is 0 Å². The number of fused-ring (bicyclic) bond motifs is 1. The number of amides is 1. The second-order valence-electron chi connectivity index (χ2n) is 8.02. The van der Waals surface area contributed by atoms with Gasteiger partial charge in [-0.2, -0.15) is 0 Å². The summed E-state index contributed by atoms with van der Waals surface area (Å²) in [6.45, 7) is 6.86. The number of hydrogen-bond donors (Lipinski definition) is 3. The van der Waals surface area contributed by atoms with Gasteiger partial charge in [-0.15, -0.1) is 10.2 Å². The van der Waals surface area contributed by atoms with Gasteiger partial charge in [0, 0.05) is 51.6 Å². The molecule has 0 aromatic carbocycles. The summed E-state index contributed by atoms with van der Waals surface area (Å²) in [6.07, 6.45) is 8.65. The molecule has 0 unspecified atom stereocenters. The molecule has 29 heavy (non-hydrogen) atoms. The van der Waals surface area contributed by atoms with E-state index >= 15 is 0 Å². The smallest absolute Gasteiger partial charge is 0.231 e. The number of aromatic nitrogens is 3. The van der Waals surface area contributed by atoms with Gasteiger partial charge in [-0.05, 0) is 39.0 Å². The van der Waals surface area contributed by atoms with Gasteiger partial charge >= 0.3 is 0 Å². The minimum Gasteiger partial charge on any atom is -0.369 e. The molecule has 1 aromatic rings. The highest BCUT2D eigenvalue weighted by Gasteiger charge is 2.21. The van der Waals surface area contributed by atoms with E-state index in [1.54, 1.807) is 0 Å². The Labute approximate surface area is 173 Å². The van der Waals surface area contributed by atoms with E-state index in [1.165, 1.54) is 19.3 Å². The molecule has 0 radical (unpaired) electrons. The molecule has 1 amide bonds. The van der Waals surface area contributed by atoms with E-state index in [2.05, 4.69) is 37.2 Å². The minimum atomic E-state index is -0.254. The second-order valence-corrected chi connectivity index (χ2v) is 8.02. The van der Waals surface area contributed by atoms with Gasteiger partial charge in [0.15, 0.2) is 5.96 Å². The molecule has 2 aliphatic heterocycles.